The molecule has 1 atom stereocenters. The molecule has 0 bridgehead atoms. The molecule has 1 N–H and O–H groups in total. The number of anilines is 1. The second-order valence-corrected chi connectivity index (χ2v) is 8.80. The minimum absolute atomic E-state index is 0.0344. The maximum Gasteiger partial charge on any atom is 0.286 e. The summed E-state index contributed by atoms with van der Waals surface area (Å²) in [5.74, 6) is 0.172. The maximum atomic E-state index is 13.0. The molecule has 1 saturated heterocycles. The van der Waals surface area contributed by atoms with Crippen LogP contribution in [0.2, 0.25) is 0 Å². The van der Waals surface area contributed by atoms with E-state index >= 15 is 0 Å². The first-order valence-corrected chi connectivity index (χ1v) is 11.0. The average molecular weight is 399 g/mol. The summed E-state index contributed by atoms with van der Waals surface area (Å²) in [5.41, 5.74) is 1.88. The summed E-state index contributed by atoms with van der Waals surface area (Å²) in [7, 11) is 0. The molecule has 2 aliphatic rings. The first-order valence-electron chi connectivity index (χ1n) is 10.1. The molecule has 0 radical (unpaired) electrons. The molecule has 1 aliphatic carbocycles. The van der Waals surface area contributed by atoms with Gasteiger partial charge in [0.25, 0.3) is 5.91 Å². The van der Waals surface area contributed by atoms with Crippen LogP contribution in [0.25, 0.3) is 0 Å². The van der Waals surface area contributed by atoms with Crippen LogP contribution in [0.1, 0.15) is 71.4 Å². The Labute approximate surface area is 169 Å². The van der Waals surface area contributed by atoms with Gasteiger partial charge in [-0.1, -0.05) is 48.3 Å². The number of carbonyl (C=O) groups excluding carboxylic acids is 2. The average Bonchev–Trinajstić information content (AvgIpc) is 3.39. The van der Waals surface area contributed by atoms with Crippen LogP contribution in [0.15, 0.2) is 24.3 Å². The third-order valence-corrected chi connectivity index (χ3v) is 6.74. The third kappa shape index (κ3) is 4.09. The van der Waals surface area contributed by atoms with Crippen LogP contribution in [0, 0.1) is 12.8 Å². The summed E-state index contributed by atoms with van der Waals surface area (Å²) in [5, 5.41) is 12.3. The van der Waals surface area contributed by atoms with Crippen molar-refractivity contribution < 1.29 is 9.59 Å². The number of benzene rings is 1. The van der Waals surface area contributed by atoms with Gasteiger partial charge in [0.15, 0.2) is 0 Å². The molecule has 2 aromatic rings. The topological polar surface area (TPSA) is 75.2 Å². The standard InChI is InChI=1S/C21H26N4O2S/c1-14-9-11-16(12-10-14)22-18(26)20-24-23-19(28-20)17-8-5-13-25(17)21(27)15-6-3-2-4-7-15/h9-12,15,17H,2-8,13H2,1H3,(H,22,26)/t17-/m1/s1. The van der Waals surface area contributed by atoms with E-state index in [1.54, 1.807) is 0 Å². The van der Waals surface area contributed by atoms with E-state index < -0.39 is 0 Å². The van der Waals surface area contributed by atoms with Crippen molar-refractivity contribution >= 4 is 28.8 Å². The first kappa shape index (κ1) is 19.1. The molecule has 1 aromatic heterocycles. The van der Waals surface area contributed by atoms with E-state index in [-0.39, 0.29) is 23.8 Å². The van der Waals surface area contributed by atoms with Crippen LogP contribution >= 0.6 is 11.3 Å². The van der Waals surface area contributed by atoms with Gasteiger partial charge in [0, 0.05) is 18.2 Å². The number of nitrogens with zero attached hydrogens (tertiary/aromatic N) is 3. The molecule has 148 valence electrons. The number of amides is 2. The van der Waals surface area contributed by atoms with E-state index in [0.717, 1.165) is 61.3 Å². The van der Waals surface area contributed by atoms with Gasteiger partial charge in [0.1, 0.15) is 5.01 Å². The van der Waals surface area contributed by atoms with Crippen molar-refractivity contribution in [1.29, 1.82) is 0 Å². The number of hydrogen-bond donors (Lipinski definition) is 1. The highest BCUT2D eigenvalue weighted by Gasteiger charge is 2.36. The lowest BCUT2D eigenvalue weighted by Gasteiger charge is -2.29. The summed E-state index contributed by atoms with van der Waals surface area (Å²) in [6, 6.07) is 7.61. The van der Waals surface area contributed by atoms with E-state index in [1.165, 1.54) is 17.8 Å². The van der Waals surface area contributed by atoms with Crippen LogP contribution in [-0.2, 0) is 4.79 Å². The van der Waals surface area contributed by atoms with Gasteiger partial charge in [-0.05, 0) is 44.7 Å². The Morgan fingerprint density at radius 2 is 1.79 bits per heavy atom. The first-order chi connectivity index (χ1) is 13.6. The second-order valence-electron chi connectivity index (χ2n) is 7.79. The van der Waals surface area contributed by atoms with Crippen molar-refractivity contribution in [1.82, 2.24) is 15.1 Å². The molecule has 2 heterocycles. The predicted octanol–water partition coefficient (Wildman–Crippen LogP) is 4.34. The van der Waals surface area contributed by atoms with Crippen LogP contribution in [0.5, 0.6) is 0 Å². The fraction of sp³-hybridized carbons (Fsp3) is 0.524. The fourth-order valence-corrected chi connectivity index (χ4v) is 5.04. The van der Waals surface area contributed by atoms with Gasteiger partial charge < -0.3 is 10.2 Å². The molecule has 28 heavy (non-hydrogen) atoms. The van der Waals surface area contributed by atoms with Crippen LogP contribution in [0.3, 0.4) is 0 Å². The minimum Gasteiger partial charge on any atom is -0.333 e. The molecule has 0 spiro atoms. The number of likely N-dealkylation sites (tertiary alicyclic amines) is 1. The van der Waals surface area contributed by atoms with Gasteiger partial charge >= 0.3 is 0 Å². The minimum atomic E-state index is -0.254. The van der Waals surface area contributed by atoms with Gasteiger partial charge in [-0.3, -0.25) is 9.59 Å². The second kappa shape index (κ2) is 8.39. The van der Waals surface area contributed by atoms with Crippen molar-refractivity contribution in [2.45, 2.75) is 57.9 Å². The Morgan fingerprint density at radius 1 is 1.04 bits per heavy atom. The summed E-state index contributed by atoms with van der Waals surface area (Å²) < 4.78 is 0. The lowest BCUT2D eigenvalue weighted by atomic mass is 9.88. The number of carbonyl (C=O) groups is 2. The SMILES string of the molecule is Cc1ccc(NC(=O)c2nnc([C@H]3CCCN3C(=O)C3CCCCC3)s2)cc1. The molecule has 2 amide bonds. The van der Waals surface area contributed by atoms with E-state index in [0.29, 0.717) is 5.01 Å². The highest BCUT2D eigenvalue weighted by molar-refractivity contribution is 7.13. The fourth-order valence-electron chi connectivity index (χ4n) is 4.15. The number of aromatic nitrogens is 2. The largest absolute Gasteiger partial charge is 0.333 e. The monoisotopic (exact) mass is 398 g/mol. The van der Waals surface area contributed by atoms with Gasteiger partial charge in [-0.25, -0.2) is 0 Å². The molecule has 1 aromatic carbocycles. The molecule has 1 saturated carbocycles. The Balaban J connectivity index is 1.44. The van der Waals surface area contributed by atoms with E-state index in [9.17, 15) is 9.59 Å². The van der Waals surface area contributed by atoms with Crippen molar-refractivity contribution in [3.05, 3.63) is 39.8 Å². The lowest BCUT2D eigenvalue weighted by Crippen LogP contribution is -2.36. The zero-order valence-electron chi connectivity index (χ0n) is 16.2. The molecule has 1 aliphatic heterocycles. The van der Waals surface area contributed by atoms with Gasteiger partial charge in [-0.2, -0.15) is 0 Å². The van der Waals surface area contributed by atoms with Gasteiger partial charge in [0.05, 0.1) is 6.04 Å². The van der Waals surface area contributed by atoms with Crippen LogP contribution in [0.4, 0.5) is 5.69 Å². The molecular formula is C21H26N4O2S. The zero-order valence-corrected chi connectivity index (χ0v) is 17.0. The zero-order chi connectivity index (χ0) is 19.5. The summed E-state index contributed by atoms with van der Waals surface area (Å²) in [4.78, 5) is 27.5. The summed E-state index contributed by atoms with van der Waals surface area (Å²) in [6.45, 7) is 2.79. The van der Waals surface area contributed by atoms with E-state index in [4.69, 9.17) is 0 Å². The van der Waals surface area contributed by atoms with E-state index in [1.807, 2.05) is 36.1 Å². The van der Waals surface area contributed by atoms with Crippen molar-refractivity contribution in [2.24, 2.45) is 5.92 Å². The van der Waals surface area contributed by atoms with Crippen LogP contribution in [-0.4, -0.2) is 33.5 Å². The van der Waals surface area contributed by atoms with Crippen molar-refractivity contribution in [2.75, 3.05) is 11.9 Å². The number of nitrogens with one attached hydrogen (secondary N) is 1. The Hall–Kier alpha value is -2.28. The summed E-state index contributed by atoms with van der Waals surface area (Å²) >= 11 is 1.30. The third-order valence-electron chi connectivity index (χ3n) is 5.72. The molecule has 4 rings (SSSR count). The van der Waals surface area contributed by atoms with Crippen LogP contribution < -0.4 is 5.32 Å². The van der Waals surface area contributed by atoms with Gasteiger partial charge in [-0.15, -0.1) is 10.2 Å². The Morgan fingerprint density at radius 3 is 2.54 bits per heavy atom. The van der Waals surface area contributed by atoms with Gasteiger partial charge in [0.2, 0.25) is 10.9 Å². The Bertz CT molecular complexity index is 842. The number of aryl methyl sites for hydroxylation is 1. The Kier molecular flexibility index (Phi) is 5.71. The maximum absolute atomic E-state index is 13.0. The molecule has 0 unspecified atom stereocenters. The van der Waals surface area contributed by atoms with E-state index in [2.05, 4.69) is 15.5 Å². The normalized spacial score (nSPS) is 20.3. The molecule has 6 nitrogen and oxygen atoms in total. The lowest BCUT2D eigenvalue weighted by molar-refractivity contribution is -0.137. The predicted molar refractivity (Wildman–Crippen MR) is 109 cm³/mol. The van der Waals surface area contributed by atoms with Crippen molar-refractivity contribution in [3.63, 3.8) is 0 Å². The van der Waals surface area contributed by atoms with Crippen molar-refractivity contribution in [3.8, 4) is 0 Å². The quantitative estimate of drug-likeness (QED) is 0.831. The number of hydrogen-bond acceptors (Lipinski definition) is 5. The molecular weight excluding hydrogens is 372 g/mol. The summed E-state index contributed by atoms with van der Waals surface area (Å²) in [6.07, 6.45) is 7.42. The highest BCUT2D eigenvalue weighted by atomic mass is 32.1. The smallest absolute Gasteiger partial charge is 0.286 e. The number of rotatable bonds is 4. The highest BCUT2D eigenvalue weighted by Crippen LogP contribution is 2.37. The molecule has 2 fully saturated rings. The molecule has 7 heteroatoms.